The van der Waals surface area contributed by atoms with Crippen LogP contribution in [0.2, 0.25) is 0 Å². The maximum absolute atomic E-state index is 6.93. The second-order valence-corrected chi connectivity index (χ2v) is 1.80. The summed E-state index contributed by atoms with van der Waals surface area (Å²) in [6.07, 6.45) is 1.08. The van der Waals surface area contributed by atoms with Gasteiger partial charge in [-0.3, -0.25) is 10.4 Å². The maximum Gasteiger partial charge on any atom is 0.203 e. The zero-order valence-corrected chi connectivity index (χ0v) is 4.65. The van der Waals surface area contributed by atoms with E-state index in [1.807, 2.05) is 0 Å². The van der Waals surface area contributed by atoms with Crippen LogP contribution in [0, 0.1) is 5.41 Å². The molecule has 0 radical (unpaired) electrons. The Morgan fingerprint density at radius 2 is 2.50 bits per heavy atom. The fraction of sp³-hybridized carbons (Fsp3) is 0.750. The molecule has 4 N–H and O–H groups in total. The number of guanidine groups is 1. The lowest BCUT2D eigenvalue weighted by atomic mass is 10.5. The Balaban J connectivity index is 2.35. The SMILES string of the molecule is N=C(N)N1CCCN1. The van der Waals surface area contributed by atoms with Crippen LogP contribution >= 0.6 is 0 Å². The van der Waals surface area contributed by atoms with Crippen LogP contribution in [0.25, 0.3) is 0 Å². The minimum absolute atomic E-state index is 0.113. The summed E-state index contributed by atoms with van der Waals surface area (Å²) in [5.41, 5.74) is 8.08. The van der Waals surface area contributed by atoms with Crippen molar-refractivity contribution in [2.24, 2.45) is 5.73 Å². The summed E-state index contributed by atoms with van der Waals surface area (Å²) in [6.45, 7) is 1.81. The van der Waals surface area contributed by atoms with Crippen molar-refractivity contribution in [3.05, 3.63) is 0 Å². The molecule has 0 aromatic rings. The van der Waals surface area contributed by atoms with E-state index in [1.54, 1.807) is 5.01 Å². The van der Waals surface area contributed by atoms with Gasteiger partial charge >= 0.3 is 0 Å². The van der Waals surface area contributed by atoms with Crippen molar-refractivity contribution in [3.63, 3.8) is 0 Å². The van der Waals surface area contributed by atoms with Gasteiger partial charge in [-0.05, 0) is 6.42 Å². The molecule has 1 fully saturated rings. The van der Waals surface area contributed by atoms with Gasteiger partial charge in [-0.25, -0.2) is 5.43 Å². The van der Waals surface area contributed by atoms with Gasteiger partial charge in [0.25, 0.3) is 0 Å². The Morgan fingerprint density at radius 1 is 1.75 bits per heavy atom. The van der Waals surface area contributed by atoms with Crippen LogP contribution in [0.15, 0.2) is 0 Å². The van der Waals surface area contributed by atoms with Crippen LogP contribution < -0.4 is 11.2 Å². The molecule has 0 saturated carbocycles. The Labute approximate surface area is 48.1 Å². The zero-order valence-electron chi connectivity index (χ0n) is 4.65. The third-order valence-corrected chi connectivity index (χ3v) is 1.15. The average molecular weight is 114 g/mol. The monoisotopic (exact) mass is 114 g/mol. The lowest BCUT2D eigenvalue weighted by Crippen LogP contribution is -2.41. The highest BCUT2D eigenvalue weighted by molar-refractivity contribution is 5.74. The molecule has 8 heavy (non-hydrogen) atoms. The predicted molar refractivity (Wildman–Crippen MR) is 31.2 cm³/mol. The quantitative estimate of drug-likeness (QED) is 0.282. The standard InChI is InChI=1S/C4H10N4/c5-4(6)8-3-1-2-7-8/h7H,1-3H2,(H3,5,6). The summed E-state index contributed by atoms with van der Waals surface area (Å²) in [7, 11) is 0. The molecule has 1 rings (SSSR count). The molecular formula is C4H10N4. The molecule has 4 nitrogen and oxygen atoms in total. The minimum atomic E-state index is 0.113. The lowest BCUT2D eigenvalue weighted by Gasteiger charge is -2.13. The van der Waals surface area contributed by atoms with Crippen LogP contribution in [-0.4, -0.2) is 24.1 Å². The number of rotatable bonds is 0. The van der Waals surface area contributed by atoms with Crippen LogP contribution in [0.1, 0.15) is 6.42 Å². The number of nitrogens with one attached hydrogen (secondary N) is 2. The fourth-order valence-corrected chi connectivity index (χ4v) is 0.736. The second kappa shape index (κ2) is 2.00. The first-order valence-electron chi connectivity index (χ1n) is 2.66. The van der Waals surface area contributed by atoms with Crippen molar-refractivity contribution >= 4 is 5.96 Å². The van der Waals surface area contributed by atoms with Crippen LogP contribution in [0.4, 0.5) is 0 Å². The van der Waals surface area contributed by atoms with Gasteiger partial charge in [0.1, 0.15) is 0 Å². The number of nitrogens with two attached hydrogens (primary N) is 1. The lowest BCUT2D eigenvalue weighted by molar-refractivity contribution is 0.396. The van der Waals surface area contributed by atoms with Crippen LogP contribution in [-0.2, 0) is 0 Å². The van der Waals surface area contributed by atoms with Crippen molar-refractivity contribution in [3.8, 4) is 0 Å². The van der Waals surface area contributed by atoms with E-state index in [-0.39, 0.29) is 5.96 Å². The zero-order chi connectivity index (χ0) is 5.98. The second-order valence-electron chi connectivity index (χ2n) is 1.80. The number of hydrazine groups is 1. The van der Waals surface area contributed by atoms with E-state index < -0.39 is 0 Å². The molecule has 0 bridgehead atoms. The van der Waals surface area contributed by atoms with Gasteiger partial charge in [-0.1, -0.05) is 0 Å². The Morgan fingerprint density at radius 3 is 2.75 bits per heavy atom. The van der Waals surface area contributed by atoms with E-state index in [1.165, 1.54) is 0 Å². The van der Waals surface area contributed by atoms with Crippen molar-refractivity contribution in [2.45, 2.75) is 6.42 Å². The highest BCUT2D eigenvalue weighted by Crippen LogP contribution is 1.92. The summed E-state index contributed by atoms with van der Waals surface area (Å²) in [4.78, 5) is 0. The van der Waals surface area contributed by atoms with Gasteiger partial charge < -0.3 is 5.73 Å². The van der Waals surface area contributed by atoms with Gasteiger partial charge in [-0.2, -0.15) is 0 Å². The van der Waals surface area contributed by atoms with E-state index in [0.29, 0.717) is 0 Å². The van der Waals surface area contributed by atoms with E-state index in [2.05, 4.69) is 5.43 Å². The normalized spacial score (nSPS) is 19.2. The molecule has 0 spiro atoms. The molecule has 0 atom stereocenters. The van der Waals surface area contributed by atoms with Gasteiger partial charge in [0.05, 0.1) is 0 Å². The van der Waals surface area contributed by atoms with Gasteiger partial charge in [0, 0.05) is 13.1 Å². The Bertz CT molecular complexity index is 94.2. The molecule has 1 aliphatic rings. The maximum atomic E-state index is 6.93. The summed E-state index contributed by atoms with van der Waals surface area (Å²) >= 11 is 0. The van der Waals surface area contributed by atoms with E-state index in [9.17, 15) is 0 Å². The number of hydrogen-bond acceptors (Lipinski definition) is 2. The van der Waals surface area contributed by atoms with Gasteiger partial charge in [-0.15, -0.1) is 0 Å². The summed E-state index contributed by atoms with van der Waals surface area (Å²) < 4.78 is 0. The third-order valence-electron chi connectivity index (χ3n) is 1.15. The smallest absolute Gasteiger partial charge is 0.203 e. The molecule has 0 amide bonds. The highest BCUT2D eigenvalue weighted by Gasteiger charge is 2.10. The summed E-state index contributed by atoms with van der Waals surface area (Å²) in [5, 5.41) is 8.57. The topological polar surface area (TPSA) is 65.1 Å². The molecule has 46 valence electrons. The van der Waals surface area contributed by atoms with Crippen LogP contribution in [0.3, 0.4) is 0 Å². The van der Waals surface area contributed by atoms with Crippen molar-refractivity contribution in [2.75, 3.05) is 13.1 Å². The number of hydrogen-bond donors (Lipinski definition) is 3. The molecule has 1 heterocycles. The predicted octanol–water partition coefficient (Wildman–Crippen LogP) is -0.910. The largest absolute Gasteiger partial charge is 0.369 e. The van der Waals surface area contributed by atoms with Crippen molar-refractivity contribution in [1.29, 1.82) is 5.41 Å². The van der Waals surface area contributed by atoms with E-state index in [0.717, 1.165) is 19.5 Å². The summed E-state index contributed by atoms with van der Waals surface area (Å²) in [6, 6.07) is 0. The first kappa shape index (κ1) is 5.37. The molecule has 0 aromatic carbocycles. The first-order chi connectivity index (χ1) is 3.80. The van der Waals surface area contributed by atoms with E-state index >= 15 is 0 Å². The highest BCUT2D eigenvalue weighted by atomic mass is 15.6. The number of nitrogens with zero attached hydrogens (tertiary/aromatic N) is 1. The van der Waals surface area contributed by atoms with Crippen molar-refractivity contribution < 1.29 is 0 Å². The summed E-state index contributed by atoms with van der Waals surface area (Å²) in [5.74, 6) is 0.113. The van der Waals surface area contributed by atoms with E-state index in [4.69, 9.17) is 11.1 Å². The van der Waals surface area contributed by atoms with Crippen LogP contribution in [0.5, 0.6) is 0 Å². The van der Waals surface area contributed by atoms with Crippen molar-refractivity contribution in [1.82, 2.24) is 10.4 Å². The fourth-order valence-electron chi connectivity index (χ4n) is 0.736. The Kier molecular flexibility index (Phi) is 1.34. The molecule has 0 aliphatic carbocycles. The Hall–Kier alpha value is -0.770. The van der Waals surface area contributed by atoms with Gasteiger partial charge in [0.2, 0.25) is 5.96 Å². The molecule has 4 heteroatoms. The third kappa shape index (κ3) is 0.894. The molecule has 1 aliphatic heterocycles. The molecule has 1 saturated heterocycles. The minimum Gasteiger partial charge on any atom is -0.369 e. The molecule has 0 unspecified atom stereocenters. The molecular weight excluding hydrogens is 104 g/mol. The first-order valence-corrected chi connectivity index (χ1v) is 2.66. The average Bonchev–Trinajstić information content (AvgIpc) is 2.12. The molecule has 0 aromatic heterocycles. The van der Waals surface area contributed by atoms with Gasteiger partial charge in [0.15, 0.2) is 0 Å².